The topological polar surface area (TPSA) is 86.8 Å². The zero-order chi connectivity index (χ0) is 19.7. The number of carbonyl (C=O) groups excluding carboxylic acids is 4. The Morgan fingerprint density at radius 2 is 1.61 bits per heavy atom. The zero-order valence-electron chi connectivity index (χ0n) is 15.2. The number of rotatable bonds is 4. The number of carbonyl (C=O) groups is 4. The normalized spacial score (nSPS) is 16.8. The largest absolute Gasteiger partial charge is 0.320 e. The third-order valence-corrected chi connectivity index (χ3v) is 4.93. The number of anilines is 3. The molecule has 7 nitrogen and oxygen atoms in total. The molecule has 2 aliphatic heterocycles. The number of nitrogens with zero attached hydrogens (tertiary/aromatic N) is 2. The highest BCUT2D eigenvalue weighted by molar-refractivity contribution is 6.20. The van der Waals surface area contributed by atoms with Gasteiger partial charge in [-0.25, -0.2) is 0 Å². The highest BCUT2D eigenvalue weighted by Gasteiger charge is 2.30. The number of imide groups is 1. The maximum Gasteiger partial charge on any atom is 0.255 e. The molecule has 0 saturated carbocycles. The van der Waals surface area contributed by atoms with Crippen molar-refractivity contribution >= 4 is 40.7 Å². The Morgan fingerprint density at radius 3 is 2.32 bits per heavy atom. The molecular weight excluding hydrogens is 358 g/mol. The molecule has 2 fully saturated rings. The van der Waals surface area contributed by atoms with Crippen LogP contribution in [0.25, 0.3) is 0 Å². The average molecular weight is 377 g/mol. The molecule has 0 spiro atoms. The Balaban J connectivity index is 1.59. The maximum atomic E-state index is 12.8. The lowest BCUT2D eigenvalue weighted by Crippen LogP contribution is -2.29. The van der Waals surface area contributed by atoms with Gasteiger partial charge in [-0.05, 0) is 36.8 Å². The molecular formula is C21H19N3O4. The molecule has 0 aliphatic carbocycles. The van der Waals surface area contributed by atoms with Gasteiger partial charge in [-0.3, -0.25) is 24.1 Å². The van der Waals surface area contributed by atoms with Gasteiger partial charge in [0.2, 0.25) is 17.7 Å². The van der Waals surface area contributed by atoms with E-state index in [4.69, 9.17) is 0 Å². The van der Waals surface area contributed by atoms with Gasteiger partial charge in [0.25, 0.3) is 5.91 Å². The first-order chi connectivity index (χ1) is 13.5. The maximum absolute atomic E-state index is 12.8. The average Bonchev–Trinajstić information content (AvgIpc) is 3.27. The fourth-order valence-corrected chi connectivity index (χ4v) is 3.56. The van der Waals surface area contributed by atoms with Crippen LogP contribution in [0.15, 0.2) is 48.5 Å². The van der Waals surface area contributed by atoms with Gasteiger partial charge in [0.1, 0.15) is 0 Å². The smallest absolute Gasteiger partial charge is 0.255 e. The summed E-state index contributed by atoms with van der Waals surface area (Å²) in [5.74, 6) is -0.865. The van der Waals surface area contributed by atoms with E-state index in [1.54, 1.807) is 41.3 Å². The molecule has 2 heterocycles. The minimum Gasteiger partial charge on any atom is -0.320 e. The Bertz CT molecular complexity index is 969. The Morgan fingerprint density at radius 1 is 0.857 bits per heavy atom. The van der Waals surface area contributed by atoms with Gasteiger partial charge < -0.3 is 10.2 Å². The molecule has 2 aromatic rings. The minimum atomic E-state index is -0.375. The number of benzene rings is 2. The molecule has 2 aromatic carbocycles. The fourth-order valence-electron chi connectivity index (χ4n) is 3.56. The SMILES string of the molecule is O=C(Nc1ccccc1N1CCCC1=O)c1cccc(N2C(=O)CCC2=O)c1. The van der Waals surface area contributed by atoms with Gasteiger partial charge in [0.05, 0.1) is 17.1 Å². The number of hydrogen-bond acceptors (Lipinski definition) is 4. The summed E-state index contributed by atoms with van der Waals surface area (Å²) in [6.45, 7) is 0.625. The second-order valence-electron chi connectivity index (χ2n) is 6.79. The second kappa shape index (κ2) is 7.26. The number of amides is 4. The van der Waals surface area contributed by atoms with E-state index in [-0.39, 0.29) is 36.5 Å². The summed E-state index contributed by atoms with van der Waals surface area (Å²) >= 11 is 0. The van der Waals surface area contributed by atoms with E-state index in [0.29, 0.717) is 35.6 Å². The molecule has 0 radical (unpaired) electrons. The van der Waals surface area contributed by atoms with Crippen molar-refractivity contribution in [2.45, 2.75) is 25.7 Å². The molecule has 4 rings (SSSR count). The van der Waals surface area contributed by atoms with Gasteiger partial charge in [0, 0.05) is 31.4 Å². The van der Waals surface area contributed by atoms with Crippen molar-refractivity contribution in [3.63, 3.8) is 0 Å². The van der Waals surface area contributed by atoms with Crippen molar-refractivity contribution in [2.75, 3.05) is 21.7 Å². The van der Waals surface area contributed by atoms with Gasteiger partial charge in [-0.1, -0.05) is 18.2 Å². The first-order valence-electron chi connectivity index (χ1n) is 9.21. The van der Waals surface area contributed by atoms with Crippen LogP contribution >= 0.6 is 0 Å². The van der Waals surface area contributed by atoms with Crippen molar-refractivity contribution < 1.29 is 19.2 Å². The molecule has 0 atom stereocenters. The molecule has 142 valence electrons. The van der Waals surface area contributed by atoms with E-state index in [9.17, 15) is 19.2 Å². The minimum absolute atomic E-state index is 0.0368. The molecule has 2 aliphatic rings. The van der Waals surface area contributed by atoms with Gasteiger partial charge >= 0.3 is 0 Å². The third-order valence-electron chi connectivity index (χ3n) is 4.93. The van der Waals surface area contributed by atoms with E-state index in [1.807, 2.05) is 6.07 Å². The number of hydrogen-bond donors (Lipinski definition) is 1. The predicted molar refractivity (Wildman–Crippen MR) is 104 cm³/mol. The monoisotopic (exact) mass is 377 g/mol. The highest BCUT2D eigenvalue weighted by Crippen LogP contribution is 2.30. The lowest BCUT2D eigenvalue weighted by molar-refractivity contribution is -0.121. The van der Waals surface area contributed by atoms with Crippen molar-refractivity contribution in [1.82, 2.24) is 0 Å². The van der Waals surface area contributed by atoms with E-state index < -0.39 is 0 Å². The van der Waals surface area contributed by atoms with E-state index in [1.165, 1.54) is 6.07 Å². The van der Waals surface area contributed by atoms with Gasteiger partial charge in [0.15, 0.2) is 0 Å². The van der Waals surface area contributed by atoms with E-state index in [2.05, 4.69) is 5.32 Å². The van der Waals surface area contributed by atoms with Crippen LogP contribution in [0.2, 0.25) is 0 Å². The summed E-state index contributed by atoms with van der Waals surface area (Å²) in [5.41, 5.74) is 1.93. The van der Waals surface area contributed by atoms with Crippen LogP contribution in [0.1, 0.15) is 36.0 Å². The number of nitrogens with one attached hydrogen (secondary N) is 1. The Kier molecular flexibility index (Phi) is 4.65. The van der Waals surface area contributed by atoms with Crippen molar-refractivity contribution in [3.8, 4) is 0 Å². The predicted octanol–water partition coefficient (Wildman–Crippen LogP) is 2.72. The van der Waals surface area contributed by atoms with Crippen LogP contribution in [0, 0.1) is 0 Å². The first-order valence-corrected chi connectivity index (χ1v) is 9.21. The Labute approximate surface area is 161 Å². The van der Waals surface area contributed by atoms with Crippen LogP contribution in [0.4, 0.5) is 17.1 Å². The molecule has 7 heteroatoms. The van der Waals surface area contributed by atoms with E-state index in [0.717, 1.165) is 11.3 Å². The molecule has 0 aromatic heterocycles. The highest BCUT2D eigenvalue weighted by atomic mass is 16.2. The van der Waals surface area contributed by atoms with Crippen LogP contribution in [0.5, 0.6) is 0 Å². The summed E-state index contributed by atoms with van der Waals surface area (Å²) in [7, 11) is 0. The molecule has 0 unspecified atom stereocenters. The van der Waals surface area contributed by atoms with Crippen LogP contribution in [0.3, 0.4) is 0 Å². The molecule has 28 heavy (non-hydrogen) atoms. The van der Waals surface area contributed by atoms with E-state index >= 15 is 0 Å². The molecule has 4 amide bonds. The van der Waals surface area contributed by atoms with Crippen molar-refractivity contribution in [1.29, 1.82) is 0 Å². The summed E-state index contributed by atoms with van der Waals surface area (Å²) in [4.78, 5) is 51.6. The molecule has 1 N–H and O–H groups in total. The fraction of sp³-hybridized carbons (Fsp3) is 0.238. The van der Waals surface area contributed by atoms with Crippen molar-refractivity contribution in [3.05, 3.63) is 54.1 Å². The van der Waals surface area contributed by atoms with Crippen molar-refractivity contribution in [2.24, 2.45) is 0 Å². The summed E-state index contributed by atoms with van der Waals surface area (Å²) in [6, 6.07) is 13.6. The molecule has 0 bridgehead atoms. The standard InChI is InChI=1S/C21H19N3O4/c25-18-9-4-12-23(18)17-8-2-1-7-16(17)22-21(28)14-5-3-6-15(13-14)24-19(26)10-11-20(24)27/h1-3,5-8,13H,4,9-12H2,(H,22,28). The van der Waals surface area contributed by atoms with Gasteiger partial charge in [-0.15, -0.1) is 0 Å². The van der Waals surface area contributed by atoms with Gasteiger partial charge in [-0.2, -0.15) is 0 Å². The Hall–Kier alpha value is -3.48. The quantitative estimate of drug-likeness (QED) is 0.830. The summed E-state index contributed by atoms with van der Waals surface area (Å²) in [6.07, 6.45) is 1.67. The summed E-state index contributed by atoms with van der Waals surface area (Å²) in [5, 5.41) is 2.84. The van der Waals surface area contributed by atoms with Crippen LogP contribution in [-0.2, 0) is 14.4 Å². The number of para-hydroxylation sites is 2. The van der Waals surface area contributed by atoms with Crippen LogP contribution in [-0.4, -0.2) is 30.2 Å². The third kappa shape index (κ3) is 3.26. The lowest BCUT2D eigenvalue weighted by atomic mass is 10.1. The first kappa shape index (κ1) is 17.9. The zero-order valence-corrected chi connectivity index (χ0v) is 15.2. The van der Waals surface area contributed by atoms with Crippen LogP contribution < -0.4 is 15.1 Å². The molecule has 2 saturated heterocycles. The summed E-state index contributed by atoms with van der Waals surface area (Å²) < 4.78 is 0. The second-order valence-corrected chi connectivity index (χ2v) is 6.79. The lowest BCUT2D eigenvalue weighted by Gasteiger charge is -2.20.